The molecule has 0 saturated carbocycles. The van der Waals surface area contributed by atoms with Crippen LogP contribution >= 0.6 is 0 Å². The van der Waals surface area contributed by atoms with Gasteiger partial charge in [-0.1, -0.05) is 0 Å². The maximum Gasteiger partial charge on any atom is 0.141 e. The molecule has 3 nitrogen and oxygen atoms in total. The van der Waals surface area contributed by atoms with E-state index >= 15 is 0 Å². The molecule has 4 heteroatoms. The van der Waals surface area contributed by atoms with Crippen LogP contribution in [0.4, 0.5) is 4.39 Å². The number of likely N-dealkylation sites (tertiary alicyclic amines) is 1. The van der Waals surface area contributed by atoms with E-state index in [0.717, 1.165) is 31.2 Å². The first-order chi connectivity index (χ1) is 8.20. The van der Waals surface area contributed by atoms with Gasteiger partial charge in [-0.15, -0.1) is 0 Å². The molecule has 0 amide bonds. The average Bonchev–Trinajstić information content (AvgIpc) is 2.78. The van der Waals surface area contributed by atoms with Crippen LogP contribution < -0.4 is 5.32 Å². The quantitative estimate of drug-likeness (QED) is 0.866. The molecule has 0 bridgehead atoms. The first-order valence-electron chi connectivity index (χ1n) is 6.21. The SMILES string of the molecule is CNCC1CCN(C(C)c2ccc(F)cn2)C1. The second kappa shape index (κ2) is 5.56. The summed E-state index contributed by atoms with van der Waals surface area (Å²) in [5.74, 6) is 0.457. The second-order valence-electron chi connectivity index (χ2n) is 4.78. The molecule has 0 aromatic carbocycles. The zero-order valence-corrected chi connectivity index (χ0v) is 10.5. The summed E-state index contributed by atoms with van der Waals surface area (Å²) in [6, 6.07) is 3.54. The highest BCUT2D eigenvalue weighted by atomic mass is 19.1. The van der Waals surface area contributed by atoms with Gasteiger partial charge in [0.1, 0.15) is 5.82 Å². The van der Waals surface area contributed by atoms with Crippen molar-refractivity contribution in [2.24, 2.45) is 5.92 Å². The normalized spacial score (nSPS) is 22.9. The van der Waals surface area contributed by atoms with Crippen LogP contribution in [0.1, 0.15) is 25.1 Å². The minimum atomic E-state index is -0.268. The molecule has 2 atom stereocenters. The molecule has 2 heterocycles. The van der Waals surface area contributed by atoms with Crippen molar-refractivity contribution in [2.45, 2.75) is 19.4 Å². The Morgan fingerprint density at radius 1 is 1.59 bits per heavy atom. The van der Waals surface area contributed by atoms with Crippen LogP contribution in [0.5, 0.6) is 0 Å². The Morgan fingerprint density at radius 2 is 2.41 bits per heavy atom. The number of pyridine rings is 1. The minimum Gasteiger partial charge on any atom is -0.319 e. The Balaban J connectivity index is 1.96. The van der Waals surface area contributed by atoms with Gasteiger partial charge in [0.05, 0.1) is 11.9 Å². The Labute approximate surface area is 102 Å². The topological polar surface area (TPSA) is 28.2 Å². The molecule has 1 saturated heterocycles. The van der Waals surface area contributed by atoms with E-state index in [2.05, 4.69) is 22.1 Å². The molecule has 0 radical (unpaired) electrons. The summed E-state index contributed by atoms with van der Waals surface area (Å²) in [6.07, 6.45) is 2.53. The number of nitrogens with one attached hydrogen (secondary N) is 1. The Bertz CT molecular complexity index is 352. The number of rotatable bonds is 4. The molecule has 2 unspecified atom stereocenters. The predicted octanol–water partition coefficient (Wildman–Crippen LogP) is 1.82. The van der Waals surface area contributed by atoms with Crippen LogP contribution in [-0.4, -0.2) is 36.6 Å². The van der Waals surface area contributed by atoms with E-state index in [0.29, 0.717) is 0 Å². The number of nitrogens with zero attached hydrogens (tertiary/aromatic N) is 2. The van der Waals surface area contributed by atoms with E-state index in [1.807, 2.05) is 7.05 Å². The van der Waals surface area contributed by atoms with Crippen molar-refractivity contribution in [1.82, 2.24) is 15.2 Å². The smallest absolute Gasteiger partial charge is 0.141 e. The standard InChI is InChI=1S/C13H20FN3/c1-10(13-4-3-12(14)8-16-13)17-6-5-11(9-17)7-15-2/h3-4,8,10-11,15H,5-7,9H2,1-2H3. The van der Waals surface area contributed by atoms with Crippen molar-refractivity contribution in [3.8, 4) is 0 Å². The zero-order valence-electron chi connectivity index (χ0n) is 10.5. The summed E-state index contributed by atoms with van der Waals surface area (Å²) in [7, 11) is 1.99. The summed E-state index contributed by atoms with van der Waals surface area (Å²) < 4.78 is 12.8. The van der Waals surface area contributed by atoms with Gasteiger partial charge >= 0.3 is 0 Å². The van der Waals surface area contributed by atoms with Gasteiger partial charge < -0.3 is 5.32 Å². The zero-order chi connectivity index (χ0) is 12.3. The van der Waals surface area contributed by atoms with Crippen molar-refractivity contribution < 1.29 is 4.39 Å². The van der Waals surface area contributed by atoms with Gasteiger partial charge in [0.15, 0.2) is 0 Å². The lowest BCUT2D eigenvalue weighted by molar-refractivity contribution is 0.247. The van der Waals surface area contributed by atoms with E-state index in [4.69, 9.17) is 0 Å². The summed E-state index contributed by atoms with van der Waals surface area (Å²) in [5, 5.41) is 3.22. The number of hydrogen-bond donors (Lipinski definition) is 1. The molecular weight excluding hydrogens is 217 g/mol. The molecule has 1 aromatic heterocycles. The summed E-state index contributed by atoms with van der Waals surface area (Å²) in [6.45, 7) is 5.41. The van der Waals surface area contributed by atoms with Gasteiger partial charge in [0.25, 0.3) is 0 Å². The van der Waals surface area contributed by atoms with Gasteiger partial charge in [-0.3, -0.25) is 9.88 Å². The van der Waals surface area contributed by atoms with Gasteiger partial charge in [0, 0.05) is 12.6 Å². The fourth-order valence-corrected chi connectivity index (χ4v) is 2.49. The maximum absolute atomic E-state index is 12.8. The van der Waals surface area contributed by atoms with Gasteiger partial charge in [0.2, 0.25) is 0 Å². The third-order valence-electron chi connectivity index (χ3n) is 3.54. The lowest BCUT2D eigenvalue weighted by Gasteiger charge is -2.23. The van der Waals surface area contributed by atoms with Crippen molar-refractivity contribution in [1.29, 1.82) is 0 Å². The lowest BCUT2D eigenvalue weighted by atomic mass is 10.1. The molecule has 2 rings (SSSR count). The number of hydrogen-bond acceptors (Lipinski definition) is 3. The average molecular weight is 237 g/mol. The molecule has 1 aliphatic heterocycles. The second-order valence-corrected chi connectivity index (χ2v) is 4.78. The van der Waals surface area contributed by atoms with Crippen LogP contribution in [0.3, 0.4) is 0 Å². The van der Waals surface area contributed by atoms with Crippen molar-refractivity contribution in [3.05, 3.63) is 29.8 Å². The number of aromatic nitrogens is 1. The first kappa shape index (κ1) is 12.5. The van der Waals surface area contributed by atoms with Crippen molar-refractivity contribution in [3.63, 3.8) is 0 Å². The van der Waals surface area contributed by atoms with Crippen LogP contribution in [0.15, 0.2) is 18.3 Å². The highest BCUT2D eigenvalue weighted by Crippen LogP contribution is 2.25. The number of halogens is 1. The first-order valence-corrected chi connectivity index (χ1v) is 6.21. The van der Waals surface area contributed by atoms with Crippen molar-refractivity contribution >= 4 is 0 Å². The molecule has 1 aromatic rings. The van der Waals surface area contributed by atoms with Gasteiger partial charge in [-0.05, 0) is 51.5 Å². The fraction of sp³-hybridized carbons (Fsp3) is 0.615. The fourth-order valence-electron chi connectivity index (χ4n) is 2.49. The minimum absolute atomic E-state index is 0.268. The molecule has 1 aliphatic rings. The molecule has 0 aliphatic carbocycles. The van der Waals surface area contributed by atoms with E-state index in [1.165, 1.54) is 18.7 Å². The van der Waals surface area contributed by atoms with E-state index < -0.39 is 0 Å². The third-order valence-corrected chi connectivity index (χ3v) is 3.54. The van der Waals surface area contributed by atoms with Crippen LogP contribution in [-0.2, 0) is 0 Å². The lowest BCUT2D eigenvalue weighted by Crippen LogP contribution is -2.27. The monoisotopic (exact) mass is 237 g/mol. The van der Waals surface area contributed by atoms with E-state index in [-0.39, 0.29) is 11.9 Å². The summed E-state index contributed by atoms with van der Waals surface area (Å²) >= 11 is 0. The Morgan fingerprint density at radius 3 is 3.06 bits per heavy atom. The Kier molecular flexibility index (Phi) is 4.07. The highest BCUT2D eigenvalue weighted by molar-refractivity contribution is 5.09. The highest BCUT2D eigenvalue weighted by Gasteiger charge is 2.26. The predicted molar refractivity (Wildman–Crippen MR) is 66.2 cm³/mol. The van der Waals surface area contributed by atoms with Crippen molar-refractivity contribution in [2.75, 3.05) is 26.7 Å². The molecular formula is C13H20FN3. The molecule has 94 valence electrons. The van der Waals surface area contributed by atoms with Gasteiger partial charge in [-0.2, -0.15) is 0 Å². The summed E-state index contributed by atoms with van der Waals surface area (Å²) in [4.78, 5) is 6.58. The molecule has 0 spiro atoms. The molecule has 1 N–H and O–H groups in total. The maximum atomic E-state index is 12.8. The van der Waals surface area contributed by atoms with Crippen LogP contribution in [0.2, 0.25) is 0 Å². The van der Waals surface area contributed by atoms with E-state index in [9.17, 15) is 4.39 Å². The van der Waals surface area contributed by atoms with Crippen LogP contribution in [0, 0.1) is 11.7 Å². The molecule has 17 heavy (non-hydrogen) atoms. The van der Waals surface area contributed by atoms with E-state index in [1.54, 1.807) is 6.07 Å². The Hall–Kier alpha value is -1.00. The molecule has 1 fully saturated rings. The largest absolute Gasteiger partial charge is 0.319 e. The third kappa shape index (κ3) is 3.01. The summed E-state index contributed by atoms with van der Waals surface area (Å²) in [5.41, 5.74) is 0.955. The van der Waals surface area contributed by atoms with Gasteiger partial charge in [-0.25, -0.2) is 4.39 Å². The van der Waals surface area contributed by atoms with Crippen LogP contribution in [0.25, 0.3) is 0 Å².